The van der Waals surface area contributed by atoms with E-state index in [4.69, 9.17) is 17.3 Å². The molecule has 1 atom stereocenters. The standard InChI is InChI=1S/C14H21ClIN/c1-14(2,3)8-4-5-13(17)11-9-10(15)6-7-12(11)16/h6-7,9,13H,4-5,8,17H2,1-3H3. The molecule has 1 nitrogen and oxygen atoms in total. The maximum absolute atomic E-state index is 6.23. The number of hydrogen-bond donors (Lipinski definition) is 1. The lowest BCUT2D eigenvalue weighted by molar-refractivity contribution is 0.353. The van der Waals surface area contributed by atoms with Gasteiger partial charge >= 0.3 is 0 Å². The second kappa shape index (κ2) is 6.39. The van der Waals surface area contributed by atoms with Crippen LogP contribution in [0.3, 0.4) is 0 Å². The zero-order chi connectivity index (χ0) is 13.1. The van der Waals surface area contributed by atoms with Crippen molar-refractivity contribution in [2.24, 2.45) is 11.1 Å². The Hall–Kier alpha value is 0.200. The van der Waals surface area contributed by atoms with Gasteiger partial charge in [-0.3, -0.25) is 0 Å². The summed E-state index contributed by atoms with van der Waals surface area (Å²) < 4.78 is 1.20. The van der Waals surface area contributed by atoms with Crippen LogP contribution >= 0.6 is 34.2 Å². The van der Waals surface area contributed by atoms with Gasteiger partial charge in [0.15, 0.2) is 0 Å². The molecule has 0 radical (unpaired) electrons. The fraction of sp³-hybridized carbons (Fsp3) is 0.571. The van der Waals surface area contributed by atoms with Gasteiger partial charge in [0.05, 0.1) is 0 Å². The zero-order valence-corrected chi connectivity index (χ0v) is 13.7. The number of benzene rings is 1. The molecular weight excluding hydrogens is 345 g/mol. The lowest BCUT2D eigenvalue weighted by atomic mass is 9.88. The molecule has 0 aliphatic heterocycles. The van der Waals surface area contributed by atoms with E-state index in [1.54, 1.807) is 0 Å². The van der Waals surface area contributed by atoms with Crippen LogP contribution in [-0.4, -0.2) is 0 Å². The summed E-state index contributed by atoms with van der Waals surface area (Å²) in [5.74, 6) is 0. The minimum Gasteiger partial charge on any atom is -0.324 e. The Kier molecular flexibility index (Phi) is 5.74. The molecular formula is C14H21ClIN. The van der Waals surface area contributed by atoms with Crippen molar-refractivity contribution in [1.82, 2.24) is 0 Å². The maximum atomic E-state index is 6.23. The second-order valence-electron chi connectivity index (χ2n) is 5.73. The zero-order valence-electron chi connectivity index (χ0n) is 10.8. The minimum atomic E-state index is 0.1000. The van der Waals surface area contributed by atoms with E-state index in [-0.39, 0.29) is 6.04 Å². The summed E-state index contributed by atoms with van der Waals surface area (Å²) in [5.41, 5.74) is 7.79. The van der Waals surface area contributed by atoms with Crippen LogP contribution in [0.1, 0.15) is 51.6 Å². The predicted octanol–water partition coefficient (Wildman–Crippen LogP) is 5.16. The van der Waals surface area contributed by atoms with Crippen molar-refractivity contribution in [1.29, 1.82) is 0 Å². The summed E-state index contributed by atoms with van der Waals surface area (Å²) in [4.78, 5) is 0. The molecule has 0 fully saturated rings. The molecule has 2 N–H and O–H groups in total. The SMILES string of the molecule is CC(C)(C)CCCC(N)c1cc(Cl)ccc1I. The molecule has 0 aromatic heterocycles. The Morgan fingerprint density at radius 2 is 2.00 bits per heavy atom. The molecule has 0 aliphatic carbocycles. The Morgan fingerprint density at radius 1 is 1.35 bits per heavy atom. The van der Waals surface area contributed by atoms with E-state index >= 15 is 0 Å². The summed E-state index contributed by atoms with van der Waals surface area (Å²) in [6.07, 6.45) is 3.39. The molecule has 1 aromatic carbocycles. The fourth-order valence-corrected chi connectivity index (χ4v) is 2.72. The van der Waals surface area contributed by atoms with Crippen LogP contribution in [0, 0.1) is 8.99 Å². The highest BCUT2D eigenvalue weighted by atomic mass is 127. The summed E-state index contributed by atoms with van der Waals surface area (Å²) in [6.45, 7) is 6.80. The third kappa shape index (κ3) is 5.58. The molecule has 3 heteroatoms. The van der Waals surface area contributed by atoms with Crippen molar-refractivity contribution in [3.63, 3.8) is 0 Å². The van der Waals surface area contributed by atoms with Crippen LogP contribution in [0.25, 0.3) is 0 Å². The van der Waals surface area contributed by atoms with Gasteiger partial charge in [0.1, 0.15) is 0 Å². The molecule has 0 saturated carbocycles. The number of nitrogens with two attached hydrogens (primary N) is 1. The van der Waals surface area contributed by atoms with Gasteiger partial charge in [-0.05, 0) is 64.6 Å². The van der Waals surface area contributed by atoms with E-state index in [0.29, 0.717) is 5.41 Å². The van der Waals surface area contributed by atoms with Crippen LogP contribution in [0.15, 0.2) is 18.2 Å². The fourth-order valence-electron chi connectivity index (χ4n) is 1.81. The van der Waals surface area contributed by atoms with E-state index in [2.05, 4.69) is 43.4 Å². The van der Waals surface area contributed by atoms with E-state index in [1.165, 1.54) is 15.6 Å². The van der Waals surface area contributed by atoms with Crippen molar-refractivity contribution in [2.45, 2.75) is 46.1 Å². The van der Waals surface area contributed by atoms with Gasteiger partial charge in [-0.1, -0.05) is 38.8 Å². The molecule has 0 amide bonds. The van der Waals surface area contributed by atoms with Gasteiger partial charge in [-0.15, -0.1) is 0 Å². The predicted molar refractivity (Wildman–Crippen MR) is 84.4 cm³/mol. The molecule has 17 heavy (non-hydrogen) atoms. The van der Waals surface area contributed by atoms with Gasteiger partial charge in [0.2, 0.25) is 0 Å². The Labute approximate surface area is 123 Å². The number of rotatable bonds is 4. The molecule has 1 unspecified atom stereocenters. The molecule has 0 bridgehead atoms. The first-order valence-electron chi connectivity index (χ1n) is 6.00. The smallest absolute Gasteiger partial charge is 0.0410 e. The topological polar surface area (TPSA) is 26.0 Å². The normalized spacial score (nSPS) is 13.8. The van der Waals surface area contributed by atoms with Crippen LogP contribution in [0.4, 0.5) is 0 Å². The van der Waals surface area contributed by atoms with Crippen molar-refractivity contribution in [3.8, 4) is 0 Å². The summed E-state index contributed by atoms with van der Waals surface area (Å²) in [6, 6.07) is 6.03. The first-order valence-corrected chi connectivity index (χ1v) is 7.46. The van der Waals surface area contributed by atoms with Crippen molar-refractivity contribution in [3.05, 3.63) is 32.4 Å². The third-order valence-corrected chi connectivity index (χ3v) is 4.02. The minimum absolute atomic E-state index is 0.1000. The Morgan fingerprint density at radius 3 is 2.59 bits per heavy atom. The van der Waals surface area contributed by atoms with E-state index in [9.17, 15) is 0 Å². The molecule has 0 aliphatic rings. The lowest BCUT2D eigenvalue weighted by Gasteiger charge is -2.20. The second-order valence-corrected chi connectivity index (χ2v) is 7.32. The maximum Gasteiger partial charge on any atom is 0.0410 e. The average Bonchev–Trinajstić information content (AvgIpc) is 2.19. The van der Waals surface area contributed by atoms with Gasteiger partial charge in [-0.2, -0.15) is 0 Å². The Bertz CT molecular complexity index is 371. The van der Waals surface area contributed by atoms with E-state index < -0.39 is 0 Å². The highest BCUT2D eigenvalue weighted by Gasteiger charge is 2.14. The van der Waals surface area contributed by atoms with E-state index in [0.717, 1.165) is 17.9 Å². The van der Waals surface area contributed by atoms with Crippen LogP contribution in [0.2, 0.25) is 5.02 Å². The molecule has 0 spiro atoms. The molecule has 96 valence electrons. The van der Waals surface area contributed by atoms with Gasteiger partial charge in [-0.25, -0.2) is 0 Å². The quantitative estimate of drug-likeness (QED) is 0.733. The lowest BCUT2D eigenvalue weighted by Crippen LogP contribution is -2.13. The van der Waals surface area contributed by atoms with Gasteiger partial charge in [0.25, 0.3) is 0 Å². The first kappa shape index (κ1) is 15.3. The summed E-state index contributed by atoms with van der Waals surface area (Å²) in [7, 11) is 0. The summed E-state index contributed by atoms with van der Waals surface area (Å²) >= 11 is 8.33. The van der Waals surface area contributed by atoms with E-state index in [1.807, 2.05) is 18.2 Å². The number of hydrogen-bond acceptors (Lipinski definition) is 1. The third-order valence-electron chi connectivity index (χ3n) is 2.80. The van der Waals surface area contributed by atoms with Crippen LogP contribution in [0.5, 0.6) is 0 Å². The van der Waals surface area contributed by atoms with Crippen LogP contribution in [-0.2, 0) is 0 Å². The number of halogens is 2. The van der Waals surface area contributed by atoms with Crippen molar-refractivity contribution < 1.29 is 0 Å². The molecule has 0 saturated heterocycles. The molecule has 1 rings (SSSR count). The Balaban J connectivity index is 2.58. The first-order chi connectivity index (χ1) is 7.79. The van der Waals surface area contributed by atoms with Gasteiger partial charge < -0.3 is 5.73 Å². The van der Waals surface area contributed by atoms with Crippen molar-refractivity contribution in [2.75, 3.05) is 0 Å². The summed E-state index contributed by atoms with van der Waals surface area (Å²) in [5, 5.41) is 0.770. The highest BCUT2D eigenvalue weighted by Crippen LogP contribution is 2.28. The monoisotopic (exact) mass is 365 g/mol. The largest absolute Gasteiger partial charge is 0.324 e. The van der Waals surface area contributed by atoms with Crippen LogP contribution < -0.4 is 5.73 Å². The van der Waals surface area contributed by atoms with Gasteiger partial charge in [0, 0.05) is 14.6 Å². The molecule has 0 heterocycles. The molecule has 1 aromatic rings. The van der Waals surface area contributed by atoms with Crippen molar-refractivity contribution >= 4 is 34.2 Å². The highest BCUT2D eigenvalue weighted by molar-refractivity contribution is 14.1. The average molecular weight is 366 g/mol.